The summed E-state index contributed by atoms with van der Waals surface area (Å²) >= 11 is 0. The predicted molar refractivity (Wildman–Crippen MR) is 109 cm³/mol. The van der Waals surface area contributed by atoms with Gasteiger partial charge in [-0.2, -0.15) is 5.10 Å². The second-order valence-corrected chi connectivity index (χ2v) is 6.76. The summed E-state index contributed by atoms with van der Waals surface area (Å²) in [6.45, 7) is 1.89. The normalized spacial score (nSPS) is 12.3. The van der Waals surface area contributed by atoms with Gasteiger partial charge in [0, 0.05) is 29.5 Å². The van der Waals surface area contributed by atoms with Crippen molar-refractivity contribution in [2.75, 3.05) is 0 Å². The van der Waals surface area contributed by atoms with Gasteiger partial charge in [0.2, 0.25) is 0 Å². The number of carbonyl (C=O) groups is 1. The lowest BCUT2D eigenvalue weighted by Crippen LogP contribution is -2.28. The standard InChI is InChI=1S/C21H17N7O/c1-12(15-4-2-3-7-23-15)24-21(29)20-25-17-10-14-16(11-18(17)26-20)27-28-19(14)13-5-8-22-9-6-13/h2-12H,1H3,(H,24,29)(H,25,26)(H,27,28). The van der Waals surface area contributed by atoms with Crippen molar-refractivity contribution in [1.82, 2.24) is 35.5 Å². The van der Waals surface area contributed by atoms with E-state index in [2.05, 4.69) is 35.5 Å². The molecule has 0 bridgehead atoms. The van der Waals surface area contributed by atoms with Gasteiger partial charge in [-0.3, -0.25) is 19.9 Å². The number of carbonyl (C=O) groups excluding carboxylic acids is 1. The molecule has 1 amide bonds. The number of aromatic nitrogens is 6. The molecule has 0 spiro atoms. The van der Waals surface area contributed by atoms with Crippen molar-refractivity contribution in [2.24, 2.45) is 0 Å². The summed E-state index contributed by atoms with van der Waals surface area (Å²) in [4.78, 5) is 28.6. The van der Waals surface area contributed by atoms with Crippen LogP contribution < -0.4 is 5.32 Å². The van der Waals surface area contributed by atoms with Crippen molar-refractivity contribution >= 4 is 27.8 Å². The summed E-state index contributed by atoms with van der Waals surface area (Å²) in [5.74, 6) is -0.0237. The van der Waals surface area contributed by atoms with Gasteiger partial charge in [-0.25, -0.2) is 4.98 Å². The van der Waals surface area contributed by atoms with Crippen LogP contribution in [0.25, 0.3) is 33.2 Å². The number of rotatable bonds is 4. The minimum absolute atomic E-state index is 0.228. The van der Waals surface area contributed by atoms with Crippen LogP contribution >= 0.6 is 0 Å². The highest BCUT2D eigenvalue weighted by atomic mass is 16.2. The topological polar surface area (TPSA) is 112 Å². The van der Waals surface area contributed by atoms with Crippen molar-refractivity contribution in [2.45, 2.75) is 13.0 Å². The third-order valence-electron chi connectivity index (χ3n) is 4.81. The summed E-state index contributed by atoms with van der Waals surface area (Å²) in [6.07, 6.45) is 5.16. The number of pyridine rings is 2. The quantitative estimate of drug-likeness (QED) is 0.440. The summed E-state index contributed by atoms with van der Waals surface area (Å²) in [6, 6.07) is 13.0. The van der Waals surface area contributed by atoms with Crippen molar-refractivity contribution in [3.05, 3.63) is 72.6 Å². The monoisotopic (exact) mass is 383 g/mol. The molecule has 8 nitrogen and oxygen atoms in total. The summed E-state index contributed by atoms with van der Waals surface area (Å²) < 4.78 is 0. The molecule has 142 valence electrons. The molecule has 0 radical (unpaired) electrons. The van der Waals surface area contributed by atoms with Crippen molar-refractivity contribution in [1.29, 1.82) is 0 Å². The van der Waals surface area contributed by atoms with Crippen molar-refractivity contribution in [3.8, 4) is 11.3 Å². The Balaban J connectivity index is 1.48. The average molecular weight is 383 g/mol. The number of hydrogen-bond acceptors (Lipinski definition) is 5. The Hall–Kier alpha value is -4.07. The van der Waals surface area contributed by atoms with E-state index in [9.17, 15) is 4.79 Å². The van der Waals surface area contributed by atoms with E-state index in [4.69, 9.17) is 0 Å². The molecule has 1 unspecified atom stereocenters. The number of fused-ring (bicyclic) bond motifs is 2. The molecule has 4 aromatic heterocycles. The minimum Gasteiger partial charge on any atom is -0.341 e. The van der Waals surface area contributed by atoms with Gasteiger partial charge in [-0.1, -0.05) is 6.07 Å². The Morgan fingerprint density at radius 1 is 1.07 bits per heavy atom. The minimum atomic E-state index is -0.282. The SMILES string of the molecule is CC(NC(=O)c1nc2cc3c(-c4ccncc4)n[nH]c3cc2[nH]1)c1ccccn1. The Morgan fingerprint density at radius 2 is 1.93 bits per heavy atom. The van der Waals surface area contributed by atoms with Gasteiger partial charge < -0.3 is 10.3 Å². The Morgan fingerprint density at radius 3 is 2.72 bits per heavy atom. The van der Waals surface area contributed by atoms with Gasteiger partial charge in [-0.15, -0.1) is 0 Å². The van der Waals surface area contributed by atoms with Crippen LogP contribution in [0.5, 0.6) is 0 Å². The number of hydrogen-bond donors (Lipinski definition) is 3. The molecule has 0 fully saturated rings. The van der Waals surface area contributed by atoms with E-state index in [0.717, 1.165) is 33.4 Å². The fraction of sp³-hybridized carbons (Fsp3) is 0.0952. The number of amides is 1. The highest BCUT2D eigenvalue weighted by Gasteiger charge is 2.17. The van der Waals surface area contributed by atoms with E-state index in [1.165, 1.54) is 0 Å². The van der Waals surface area contributed by atoms with Gasteiger partial charge in [0.15, 0.2) is 5.82 Å². The van der Waals surface area contributed by atoms with Crippen LogP contribution in [-0.4, -0.2) is 36.0 Å². The van der Waals surface area contributed by atoms with E-state index < -0.39 is 0 Å². The van der Waals surface area contributed by atoms with Crippen LogP contribution in [0.2, 0.25) is 0 Å². The number of nitrogens with one attached hydrogen (secondary N) is 3. The smallest absolute Gasteiger partial charge is 0.287 e. The van der Waals surface area contributed by atoms with Crippen LogP contribution in [0.3, 0.4) is 0 Å². The molecule has 8 heteroatoms. The molecule has 0 aliphatic heterocycles. The van der Waals surface area contributed by atoms with Gasteiger partial charge >= 0.3 is 0 Å². The lowest BCUT2D eigenvalue weighted by atomic mass is 10.1. The third kappa shape index (κ3) is 3.10. The molecule has 5 aromatic rings. The van der Waals surface area contributed by atoms with E-state index >= 15 is 0 Å². The van der Waals surface area contributed by atoms with E-state index in [0.29, 0.717) is 5.52 Å². The number of H-pyrrole nitrogens is 2. The second-order valence-electron chi connectivity index (χ2n) is 6.76. The Labute approximate surface area is 165 Å². The molecular weight excluding hydrogens is 366 g/mol. The zero-order valence-corrected chi connectivity index (χ0v) is 15.5. The van der Waals surface area contributed by atoms with Gasteiger partial charge in [-0.05, 0) is 43.3 Å². The lowest BCUT2D eigenvalue weighted by Gasteiger charge is -2.11. The molecule has 29 heavy (non-hydrogen) atoms. The van der Waals surface area contributed by atoms with Crippen LogP contribution in [0.4, 0.5) is 0 Å². The molecule has 1 aromatic carbocycles. The highest BCUT2D eigenvalue weighted by molar-refractivity contribution is 6.02. The van der Waals surface area contributed by atoms with Crippen molar-refractivity contribution in [3.63, 3.8) is 0 Å². The maximum absolute atomic E-state index is 12.7. The molecule has 0 saturated heterocycles. The van der Waals surface area contributed by atoms with Crippen LogP contribution in [0.1, 0.15) is 29.3 Å². The first-order chi connectivity index (χ1) is 14.2. The zero-order valence-electron chi connectivity index (χ0n) is 15.5. The first-order valence-electron chi connectivity index (χ1n) is 9.19. The maximum atomic E-state index is 12.7. The molecule has 1 atom stereocenters. The molecule has 0 saturated carbocycles. The Kier molecular flexibility index (Phi) is 4.02. The van der Waals surface area contributed by atoms with Gasteiger partial charge in [0.1, 0.15) is 5.69 Å². The number of aromatic amines is 2. The number of imidazole rings is 1. The largest absolute Gasteiger partial charge is 0.341 e. The van der Waals surface area contributed by atoms with Crippen LogP contribution in [0.15, 0.2) is 61.1 Å². The van der Waals surface area contributed by atoms with E-state index in [-0.39, 0.29) is 17.8 Å². The first-order valence-corrected chi connectivity index (χ1v) is 9.19. The second kappa shape index (κ2) is 6.83. The summed E-state index contributed by atoms with van der Waals surface area (Å²) in [7, 11) is 0. The van der Waals surface area contributed by atoms with Crippen LogP contribution in [-0.2, 0) is 0 Å². The molecule has 4 heterocycles. The summed E-state index contributed by atoms with van der Waals surface area (Å²) in [5.41, 5.74) is 4.90. The maximum Gasteiger partial charge on any atom is 0.287 e. The molecule has 3 N–H and O–H groups in total. The molecular formula is C21H17N7O. The molecule has 5 rings (SSSR count). The predicted octanol–water partition coefficient (Wildman–Crippen LogP) is 3.39. The molecule has 0 aliphatic carbocycles. The zero-order chi connectivity index (χ0) is 19.8. The van der Waals surface area contributed by atoms with E-state index in [1.54, 1.807) is 18.6 Å². The number of nitrogens with zero attached hydrogens (tertiary/aromatic N) is 4. The van der Waals surface area contributed by atoms with Crippen LogP contribution in [0, 0.1) is 0 Å². The van der Waals surface area contributed by atoms with Gasteiger partial charge in [0.05, 0.1) is 28.3 Å². The fourth-order valence-electron chi connectivity index (χ4n) is 3.33. The van der Waals surface area contributed by atoms with E-state index in [1.807, 2.05) is 49.4 Å². The third-order valence-corrected chi connectivity index (χ3v) is 4.81. The first kappa shape index (κ1) is 17.1. The highest BCUT2D eigenvalue weighted by Crippen LogP contribution is 2.28. The number of benzene rings is 1. The average Bonchev–Trinajstić information content (AvgIpc) is 3.36. The lowest BCUT2D eigenvalue weighted by molar-refractivity contribution is 0.0930. The van der Waals surface area contributed by atoms with Crippen molar-refractivity contribution < 1.29 is 4.79 Å². The summed E-state index contributed by atoms with van der Waals surface area (Å²) in [5, 5.41) is 11.3. The Bertz CT molecular complexity index is 1310. The van der Waals surface area contributed by atoms with Gasteiger partial charge in [0.25, 0.3) is 5.91 Å². The molecule has 0 aliphatic rings. The fourth-order valence-corrected chi connectivity index (χ4v) is 3.33.